The van der Waals surface area contributed by atoms with E-state index in [2.05, 4.69) is 28.3 Å². The Balaban J connectivity index is 2.05. The van der Waals surface area contributed by atoms with Crippen LogP contribution >= 0.6 is 0 Å². The molecule has 0 aliphatic heterocycles. The van der Waals surface area contributed by atoms with E-state index in [4.69, 9.17) is 4.74 Å². The smallest absolute Gasteiger partial charge is 0.214 e. The zero-order valence-corrected chi connectivity index (χ0v) is 9.97. The summed E-state index contributed by atoms with van der Waals surface area (Å²) in [7, 11) is 1.61. The highest BCUT2D eigenvalue weighted by Gasteiger charge is 2.00. The summed E-state index contributed by atoms with van der Waals surface area (Å²) in [5.74, 6) is 0.604. The lowest BCUT2D eigenvalue weighted by molar-refractivity contribution is 0.398. The quantitative estimate of drug-likeness (QED) is 0.874. The van der Waals surface area contributed by atoms with Gasteiger partial charge >= 0.3 is 0 Å². The molecule has 17 heavy (non-hydrogen) atoms. The molecule has 2 aromatic heterocycles. The molecule has 0 unspecified atom stereocenters. The molecule has 0 spiro atoms. The first-order valence-corrected chi connectivity index (χ1v) is 5.44. The van der Waals surface area contributed by atoms with E-state index in [1.165, 1.54) is 5.56 Å². The van der Waals surface area contributed by atoms with Gasteiger partial charge in [0.05, 0.1) is 19.3 Å². The fourth-order valence-corrected chi connectivity index (χ4v) is 1.52. The minimum Gasteiger partial charge on any atom is -0.481 e. The van der Waals surface area contributed by atoms with Gasteiger partial charge in [-0.2, -0.15) is 0 Å². The summed E-state index contributed by atoms with van der Waals surface area (Å²) in [5.41, 5.74) is 3.20. The summed E-state index contributed by atoms with van der Waals surface area (Å²) in [5, 5.41) is 3.29. The average molecular weight is 229 g/mol. The first-order chi connectivity index (χ1) is 8.29. The maximum atomic E-state index is 5.06. The first kappa shape index (κ1) is 11.4. The third-order valence-corrected chi connectivity index (χ3v) is 2.52. The van der Waals surface area contributed by atoms with E-state index in [9.17, 15) is 0 Å². The van der Waals surface area contributed by atoms with Crippen LogP contribution in [0.2, 0.25) is 0 Å². The van der Waals surface area contributed by atoms with Crippen molar-refractivity contribution < 1.29 is 4.74 Å². The molecule has 2 heterocycles. The van der Waals surface area contributed by atoms with E-state index >= 15 is 0 Å². The molecule has 2 rings (SSSR count). The lowest BCUT2D eigenvalue weighted by Crippen LogP contribution is -2.03. The second kappa shape index (κ2) is 5.30. The fourth-order valence-electron chi connectivity index (χ4n) is 1.52. The molecule has 0 saturated heterocycles. The van der Waals surface area contributed by atoms with Gasteiger partial charge in [0, 0.05) is 24.1 Å². The van der Waals surface area contributed by atoms with Crippen molar-refractivity contribution in [2.45, 2.75) is 13.5 Å². The molecule has 88 valence electrons. The number of nitrogens with one attached hydrogen (secondary N) is 1. The van der Waals surface area contributed by atoms with Crippen molar-refractivity contribution in [1.82, 2.24) is 9.97 Å². The summed E-state index contributed by atoms with van der Waals surface area (Å²) in [6.45, 7) is 2.75. The number of ether oxygens (including phenoxy) is 1. The molecule has 0 radical (unpaired) electrons. The van der Waals surface area contributed by atoms with Crippen LogP contribution in [0.25, 0.3) is 0 Å². The zero-order chi connectivity index (χ0) is 12.1. The molecule has 0 aliphatic carbocycles. The van der Waals surface area contributed by atoms with Gasteiger partial charge in [-0.25, -0.2) is 4.98 Å². The summed E-state index contributed by atoms with van der Waals surface area (Å²) in [6.07, 6.45) is 3.52. The molecule has 0 aliphatic rings. The van der Waals surface area contributed by atoms with Crippen molar-refractivity contribution in [3.05, 3.63) is 47.9 Å². The summed E-state index contributed by atoms with van der Waals surface area (Å²) in [4.78, 5) is 8.38. The molecule has 2 aromatic rings. The van der Waals surface area contributed by atoms with E-state index < -0.39 is 0 Å². The number of rotatable bonds is 4. The summed E-state index contributed by atoms with van der Waals surface area (Å²) < 4.78 is 5.06. The van der Waals surface area contributed by atoms with Gasteiger partial charge in [0.15, 0.2) is 0 Å². The lowest BCUT2D eigenvalue weighted by Gasteiger charge is -2.08. The van der Waals surface area contributed by atoms with Crippen LogP contribution in [0.1, 0.15) is 11.3 Å². The van der Waals surface area contributed by atoms with Crippen LogP contribution in [0.4, 0.5) is 5.69 Å². The largest absolute Gasteiger partial charge is 0.481 e. The minimum atomic E-state index is 0.604. The number of nitrogens with zero attached hydrogens (tertiary/aromatic N) is 2. The molecule has 0 aromatic carbocycles. The maximum Gasteiger partial charge on any atom is 0.214 e. The number of anilines is 1. The molecule has 0 fully saturated rings. The Kier molecular flexibility index (Phi) is 3.55. The van der Waals surface area contributed by atoms with E-state index in [1.54, 1.807) is 19.5 Å². The highest BCUT2D eigenvalue weighted by Crippen LogP contribution is 2.14. The van der Waals surface area contributed by atoms with Crippen molar-refractivity contribution in [3.8, 4) is 5.88 Å². The van der Waals surface area contributed by atoms with Crippen molar-refractivity contribution in [1.29, 1.82) is 0 Å². The topological polar surface area (TPSA) is 47.0 Å². The third-order valence-electron chi connectivity index (χ3n) is 2.52. The van der Waals surface area contributed by atoms with Crippen LogP contribution in [-0.4, -0.2) is 17.1 Å². The Hall–Kier alpha value is -2.10. The molecular formula is C13H15N3O. The Morgan fingerprint density at radius 3 is 2.88 bits per heavy atom. The van der Waals surface area contributed by atoms with Gasteiger partial charge in [0.1, 0.15) is 0 Å². The van der Waals surface area contributed by atoms with Crippen molar-refractivity contribution in [2.24, 2.45) is 0 Å². The number of aryl methyl sites for hydroxylation is 1. The lowest BCUT2D eigenvalue weighted by atomic mass is 10.2. The standard InChI is InChI=1S/C13H15N3O/c1-10-4-3-6-14-12(10)9-16-11-5-7-15-13(8-11)17-2/h3-8H,9H2,1-2H3,(H,15,16). The predicted octanol–water partition coefficient (Wildman–Crippen LogP) is 2.41. The highest BCUT2D eigenvalue weighted by molar-refractivity contribution is 5.45. The second-order valence-corrected chi connectivity index (χ2v) is 3.71. The van der Waals surface area contributed by atoms with Gasteiger partial charge < -0.3 is 10.1 Å². The fraction of sp³-hybridized carbons (Fsp3) is 0.231. The van der Waals surface area contributed by atoms with Crippen molar-refractivity contribution in [2.75, 3.05) is 12.4 Å². The molecule has 0 atom stereocenters. The number of methoxy groups -OCH3 is 1. The highest BCUT2D eigenvalue weighted by atomic mass is 16.5. The van der Waals surface area contributed by atoms with Gasteiger partial charge in [-0.3, -0.25) is 4.98 Å². The Morgan fingerprint density at radius 1 is 1.24 bits per heavy atom. The molecule has 0 bridgehead atoms. The zero-order valence-electron chi connectivity index (χ0n) is 9.97. The van der Waals surface area contributed by atoms with Crippen LogP contribution in [0, 0.1) is 6.92 Å². The number of hydrogen-bond acceptors (Lipinski definition) is 4. The average Bonchev–Trinajstić information content (AvgIpc) is 2.38. The van der Waals surface area contributed by atoms with E-state index in [1.807, 2.05) is 18.2 Å². The van der Waals surface area contributed by atoms with E-state index in [0.717, 1.165) is 11.4 Å². The normalized spacial score (nSPS) is 10.0. The third kappa shape index (κ3) is 2.93. The van der Waals surface area contributed by atoms with E-state index in [0.29, 0.717) is 12.4 Å². The number of aromatic nitrogens is 2. The van der Waals surface area contributed by atoms with Crippen LogP contribution in [0.15, 0.2) is 36.7 Å². The molecular weight excluding hydrogens is 214 g/mol. The SMILES string of the molecule is COc1cc(NCc2ncccc2C)ccn1. The van der Waals surface area contributed by atoms with E-state index in [-0.39, 0.29) is 0 Å². The van der Waals surface area contributed by atoms with Gasteiger partial charge in [-0.15, -0.1) is 0 Å². The molecule has 4 heteroatoms. The molecule has 4 nitrogen and oxygen atoms in total. The van der Waals surface area contributed by atoms with Gasteiger partial charge in [0.25, 0.3) is 0 Å². The minimum absolute atomic E-state index is 0.604. The maximum absolute atomic E-state index is 5.06. The number of pyridine rings is 2. The Morgan fingerprint density at radius 2 is 2.12 bits per heavy atom. The van der Waals surface area contributed by atoms with Gasteiger partial charge in [0.2, 0.25) is 5.88 Å². The van der Waals surface area contributed by atoms with Gasteiger partial charge in [-0.1, -0.05) is 6.07 Å². The predicted molar refractivity (Wildman–Crippen MR) is 67.1 cm³/mol. The summed E-state index contributed by atoms with van der Waals surface area (Å²) in [6, 6.07) is 7.75. The molecule has 0 amide bonds. The first-order valence-electron chi connectivity index (χ1n) is 5.44. The summed E-state index contributed by atoms with van der Waals surface area (Å²) >= 11 is 0. The Bertz CT molecular complexity index is 500. The van der Waals surface area contributed by atoms with Crippen molar-refractivity contribution >= 4 is 5.69 Å². The van der Waals surface area contributed by atoms with Crippen LogP contribution in [-0.2, 0) is 6.54 Å². The monoisotopic (exact) mass is 229 g/mol. The van der Waals surface area contributed by atoms with Crippen molar-refractivity contribution in [3.63, 3.8) is 0 Å². The van der Waals surface area contributed by atoms with Gasteiger partial charge in [-0.05, 0) is 24.6 Å². The van der Waals surface area contributed by atoms with Crippen LogP contribution in [0.5, 0.6) is 5.88 Å². The second-order valence-electron chi connectivity index (χ2n) is 3.71. The van der Waals surface area contributed by atoms with Crippen LogP contribution < -0.4 is 10.1 Å². The van der Waals surface area contributed by atoms with Crippen LogP contribution in [0.3, 0.4) is 0 Å². The number of hydrogen-bond donors (Lipinski definition) is 1. The molecule has 0 saturated carbocycles. The molecule has 1 N–H and O–H groups in total. The Labute approximate surface area is 101 Å².